The quantitative estimate of drug-likeness (QED) is 0.303. The number of phenols is 1. The van der Waals surface area contributed by atoms with E-state index in [0.717, 1.165) is 0 Å². The Morgan fingerprint density at radius 3 is 2.39 bits per heavy atom. The number of benzene rings is 3. The molecule has 0 spiro atoms. The largest absolute Gasteiger partial charge is 0.508 e. The number of carbonyl (C=O) groups is 2. The van der Waals surface area contributed by atoms with E-state index < -0.39 is 11.0 Å². The van der Waals surface area contributed by atoms with E-state index in [-0.39, 0.29) is 36.0 Å². The molecule has 0 aliphatic heterocycles. The zero-order valence-electron chi connectivity index (χ0n) is 16.3. The van der Waals surface area contributed by atoms with Gasteiger partial charge in [0, 0.05) is 29.1 Å². The maximum atomic E-state index is 12.7. The number of phenolic OH excluding ortho intramolecular Hbond substituents is 1. The molecule has 0 aliphatic carbocycles. The highest BCUT2D eigenvalue weighted by Crippen LogP contribution is 2.24. The molecule has 0 bridgehead atoms. The molecule has 0 aromatic heterocycles. The second-order valence-corrected chi connectivity index (χ2v) is 7.39. The molecule has 0 saturated heterocycles. The SMILES string of the molecule is O=C(Cc1ccc([N+](=O)[O-])cc1)NC(CC(=O)c1cccc(O)c1)c1cccc(Cl)c1. The van der Waals surface area contributed by atoms with Gasteiger partial charge in [-0.3, -0.25) is 19.7 Å². The summed E-state index contributed by atoms with van der Waals surface area (Å²) in [6.45, 7) is 0. The third kappa shape index (κ3) is 6.13. The van der Waals surface area contributed by atoms with Gasteiger partial charge in [0.1, 0.15) is 5.75 Å². The number of non-ortho nitro benzene ring substituents is 1. The lowest BCUT2D eigenvalue weighted by molar-refractivity contribution is -0.384. The number of halogens is 1. The first kappa shape index (κ1) is 22.0. The van der Waals surface area contributed by atoms with Crippen molar-refractivity contribution in [3.8, 4) is 5.75 Å². The minimum atomic E-state index is -0.640. The summed E-state index contributed by atoms with van der Waals surface area (Å²) >= 11 is 6.08. The van der Waals surface area contributed by atoms with Crippen LogP contribution in [0.4, 0.5) is 5.69 Å². The lowest BCUT2D eigenvalue weighted by atomic mass is 9.97. The Bertz CT molecular complexity index is 1110. The molecule has 1 atom stereocenters. The lowest BCUT2D eigenvalue weighted by Gasteiger charge is -2.19. The van der Waals surface area contributed by atoms with Gasteiger partial charge in [0.2, 0.25) is 5.91 Å². The van der Waals surface area contributed by atoms with Crippen molar-refractivity contribution in [1.82, 2.24) is 5.32 Å². The molecule has 8 heteroatoms. The van der Waals surface area contributed by atoms with Gasteiger partial charge in [0.15, 0.2) is 5.78 Å². The minimum absolute atomic E-state index is 0.00459. The summed E-state index contributed by atoms with van der Waals surface area (Å²) in [5.74, 6) is -0.619. The number of nitrogens with one attached hydrogen (secondary N) is 1. The Hall–Kier alpha value is -3.71. The van der Waals surface area contributed by atoms with Gasteiger partial charge in [-0.1, -0.05) is 48.0 Å². The number of Topliss-reactive ketones (excluding diaryl/α,β-unsaturated/α-hetero) is 1. The van der Waals surface area contributed by atoms with Gasteiger partial charge in [-0.2, -0.15) is 0 Å². The van der Waals surface area contributed by atoms with Crippen molar-refractivity contribution in [2.45, 2.75) is 18.9 Å². The summed E-state index contributed by atoms with van der Waals surface area (Å²) in [5.41, 5.74) is 1.54. The zero-order valence-corrected chi connectivity index (χ0v) is 17.1. The Kier molecular flexibility index (Phi) is 6.99. The standard InChI is InChI=1S/C23H19ClN2O5/c24-18-5-1-3-16(12-18)21(14-22(28)17-4-2-6-20(27)13-17)25-23(29)11-15-7-9-19(10-8-15)26(30)31/h1-10,12-13,21,27H,11,14H2,(H,25,29). The van der Waals surface area contributed by atoms with Crippen molar-refractivity contribution in [2.75, 3.05) is 0 Å². The smallest absolute Gasteiger partial charge is 0.269 e. The molecule has 3 aromatic rings. The van der Waals surface area contributed by atoms with Gasteiger partial charge in [0.05, 0.1) is 17.4 Å². The van der Waals surface area contributed by atoms with E-state index in [1.807, 2.05) is 0 Å². The Morgan fingerprint density at radius 1 is 1.03 bits per heavy atom. The monoisotopic (exact) mass is 438 g/mol. The normalized spacial score (nSPS) is 11.5. The van der Waals surface area contributed by atoms with Crippen LogP contribution in [0.3, 0.4) is 0 Å². The van der Waals surface area contributed by atoms with E-state index >= 15 is 0 Å². The third-order valence-corrected chi connectivity index (χ3v) is 4.89. The van der Waals surface area contributed by atoms with Crippen molar-refractivity contribution in [3.05, 3.63) is 105 Å². The molecule has 0 saturated carbocycles. The summed E-state index contributed by atoms with van der Waals surface area (Å²) in [7, 11) is 0. The van der Waals surface area contributed by atoms with Crippen LogP contribution in [0.25, 0.3) is 0 Å². The number of hydrogen-bond acceptors (Lipinski definition) is 5. The molecule has 7 nitrogen and oxygen atoms in total. The van der Waals surface area contributed by atoms with Crippen LogP contribution in [-0.2, 0) is 11.2 Å². The van der Waals surface area contributed by atoms with E-state index in [9.17, 15) is 24.8 Å². The lowest BCUT2D eigenvalue weighted by Crippen LogP contribution is -2.31. The molecule has 2 N–H and O–H groups in total. The van der Waals surface area contributed by atoms with Gasteiger partial charge >= 0.3 is 0 Å². The fourth-order valence-corrected chi connectivity index (χ4v) is 3.32. The molecule has 0 fully saturated rings. The molecule has 1 unspecified atom stereocenters. The van der Waals surface area contributed by atoms with Crippen LogP contribution in [0.2, 0.25) is 5.02 Å². The second-order valence-electron chi connectivity index (χ2n) is 6.95. The molecule has 0 aliphatic rings. The number of hydrogen-bond donors (Lipinski definition) is 2. The number of carbonyl (C=O) groups excluding carboxylic acids is 2. The molecule has 31 heavy (non-hydrogen) atoms. The number of rotatable bonds is 8. The van der Waals surface area contributed by atoms with Gasteiger partial charge in [-0.25, -0.2) is 0 Å². The predicted octanol–water partition coefficient (Wildman–Crippen LogP) is 4.63. The second kappa shape index (κ2) is 9.86. The number of aromatic hydroxyl groups is 1. The molecule has 1 amide bonds. The molecule has 3 aromatic carbocycles. The number of nitro groups is 1. The van der Waals surface area contributed by atoms with Crippen LogP contribution in [0.5, 0.6) is 5.75 Å². The summed E-state index contributed by atoms with van der Waals surface area (Å²) in [6.07, 6.45) is -0.0365. The van der Waals surface area contributed by atoms with Crippen LogP contribution in [0.15, 0.2) is 72.8 Å². The highest BCUT2D eigenvalue weighted by molar-refractivity contribution is 6.30. The molecule has 0 heterocycles. The van der Waals surface area contributed by atoms with Crippen LogP contribution >= 0.6 is 11.6 Å². The predicted molar refractivity (Wildman–Crippen MR) is 116 cm³/mol. The maximum Gasteiger partial charge on any atom is 0.269 e. The van der Waals surface area contributed by atoms with Gasteiger partial charge in [-0.05, 0) is 35.4 Å². The summed E-state index contributed by atoms with van der Waals surface area (Å²) in [5, 5.41) is 23.7. The molecule has 0 radical (unpaired) electrons. The van der Waals surface area contributed by atoms with Crippen LogP contribution in [0.1, 0.15) is 33.9 Å². The van der Waals surface area contributed by atoms with Crippen molar-refractivity contribution >= 4 is 29.0 Å². The topological polar surface area (TPSA) is 110 Å². The molecular weight excluding hydrogens is 420 g/mol. The van der Waals surface area contributed by atoms with Crippen molar-refractivity contribution < 1.29 is 19.6 Å². The third-order valence-electron chi connectivity index (χ3n) is 4.66. The van der Waals surface area contributed by atoms with E-state index in [1.54, 1.807) is 36.4 Å². The van der Waals surface area contributed by atoms with Crippen molar-refractivity contribution in [1.29, 1.82) is 0 Å². The Balaban J connectivity index is 1.77. The fourth-order valence-electron chi connectivity index (χ4n) is 3.12. The zero-order chi connectivity index (χ0) is 22.4. The van der Waals surface area contributed by atoms with Crippen LogP contribution in [-0.4, -0.2) is 21.7 Å². The summed E-state index contributed by atoms with van der Waals surface area (Å²) in [6, 6.07) is 17.9. The van der Waals surface area contributed by atoms with Gasteiger partial charge in [-0.15, -0.1) is 0 Å². The number of nitrogens with zero attached hydrogens (tertiary/aromatic N) is 1. The molecular formula is C23H19ClN2O5. The maximum absolute atomic E-state index is 12.7. The fraction of sp³-hybridized carbons (Fsp3) is 0.130. The van der Waals surface area contributed by atoms with Crippen molar-refractivity contribution in [3.63, 3.8) is 0 Å². The van der Waals surface area contributed by atoms with E-state index in [1.165, 1.54) is 36.4 Å². The highest BCUT2D eigenvalue weighted by atomic mass is 35.5. The minimum Gasteiger partial charge on any atom is -0.508 e. The Morgan fingerprint density at radius 2 is 1.74 bits per heavy atom. The first-order valence-corrected chi connectivity index (χ1v) is 9.80. The highest BCUT2D eigenvalue weighted by Gasteiger charge is 2.20. The van der Waals surface area contributed by atoms with Crippen molar-refractivity contribution in [2.24, 2.45) is 0 Å². The number of ketones is 1. The number of amides is 1. The molecule has 158 valence electrons. The average Bonchev–Trinajstić information content (AvgIpc) is 2.73. The first-order chi connectivity index (χ1) is 14.8. The van der Waals surface area contributed by atoms with Gasteiger partial charge in [0.25, 0.3) is 5.69 Å². The van der Waals surface area contributed by atoms with Crippen LogP contribution in [0, 0.1) is 10.1 Å². The van der Waals surface area contributed by atoms with E-state index in [0.29, 0.717) is 21.7 Å². The Labute approximate surface area is 183 Å². The first-order valence-electron chi connectivity index (χ1n) is 9.42. The average molecular weight is 439 g/mol. The summed E-state index contributed by atoms with van der Waals surface area (Å²) in [4.78, 5) is 35.7. The summed E-state index contributed by atoms with van der Waals surface area (Å²) < 4.78 is 0. The van der Waals surface area contributed by atoms with Crippen LogP contribution < -0.4 is 5.32 Å². The van der Waals surface area contributed by atoms with E-state index in [4.69, 9.17) is 11.6 Å². The van der Waals surface area contributed by atoms with E-state index in [2.05, 4.69) is 5.32 Å². The molecule has 3 rings (SSSR count). The van der Waals surface area contributed by atoms with Gasteiger partial charge < -0.3 is 10.4 Å². The number of nitro benzene ring substituents is 1.